The third-order valence-corrected chi connectivity index (χ3v) is 15.7. The normalized spacial score (nSPS) is 13.0. The van der Waals surface area contributed by atoms with E-state index in [1.807, 2.05) is 17.8 Å². The van der Waals surface area contributed by atoms with Gasteiger partial charge in [0.15, 0.2) is 0 Å². The Morgan fingerprint density at radius 1 is 0.821 bits per heavy atom. The fourth-order valence-corrected chi connectivity index (χ4v) is 15.7. The van der Waals surface area contributed by atoms with Crippen LogP contribution in [-0.2, 0) is 12.8 Å². The van der Waals surface area contributed by atoms with E-state index in [1.54, 1.807) is 5.19 Å². The lowest BCUT2D eigenvalue weighted by molar-refractivity contribution is 0.467. The van der Waals surface area contributed by atoms with Crippen LogP contribution in [0.25, 0.3) is 0 Å². The highest BCUT2D eigenvalue weighted by Crippen LogP contribution is 2.52. The van der Waals surface area contributed by atoms with Crippen LogP contribution in [0.3, 0.4) is 0 Å². The van der Waals surface area contributed by atoms with E-state index in [2.05, 4.69) is 91.8 Å². The minimum Gasteiger partial charge on any atom is -0.508 e. The van der Waals surface area contributed by atoms with E-state index in [-0.39, 0.29) is 10.1 Å². The van der Waals surface area contributed by atoms with Crippen molar-refractivity contribution >= 4 is 25.0 Å². The average molecular weight is 415 g/mol. The van der Waals surface area contributed by atoms with Crippen molar-refractivity contribution in [2.45, 2.75) is 83.2 Å². The van der Waals surface area contributed by atoms with Gasteiger partial charge in [0.1, 0.15) is 13.8 Å². The third kappa shape index (κ3) is 4.36. The Morgan fingerprint density at radius 2 is 1.36 bits per heavy atom. The molecule has 1 N–H and O–H groups in total. The van der Waals surface area contributed by atoms with Crippen molar-refractivity contribution in [2.24, 2.45) is 0 Å². The van der Waals surface area contributed by atoms with E-state index < -0.39 is 8.07 Å². The fourth-order valence-electron chi connectivity index (χ4n) is 4.76. The van der Waals surface area contributed by atoms with E-state index in [4.69, 9.17) is 0 Å². The van der Waals surface area contributed by atoms with E-state index in [1.165, 1.54) is 10.5 Å². The summed E-state index contributed by atoms with van der Waals surface area (Å²) in [4.78, 5) is 1.35. The molecule has 0 unspecified atom stereocenters. The first-order valence-corrected chi connectivity index (χ1v) is 13.7. The summed E-state index contributed by atoms with van der Waals surface area (Å²) in [6.07, 6.45) is 1.81. The van der Waals surface area contributed by atoms with Crippen LogP contribution in [0.4, 0.5) is 0 Å². The molecule has 0 fully saturated rings. The maximum absolute atomic E-state index is 10.3. The lowest BCUT2D eigenvalue weighted by Crippen LogP contribution is -2.63. The SMILES string of the molecule is CCc1cc(SC[Si](c2ccccc2)(C(C)(C)C)C(C)(C)C)c(CC)cc1O. The molecule has 3 heteroatoms. The van der Waals surface area contributed by atoms with Crippen molar-refractivity contribution in [3.63, 3.8) is 0 Å². The quantitative estimate of drug-likeness (QED) is 0.401. The van der Waals surface area contributed by atoms with Crippen molar-refractivity contribution in [1.29, 1.82) is 0 Å². The van der Waals surface area contributed by atoms with E-state index >= 15 is 0 Å². The predicted octanol–water partition coefficient (Wildman–Crippen LogP) is 7.10. The summed E-state index contributed by atoms with van der Waals surface area (Å²) in [6, 6.07) is 15.5. The van der Waals surface area contributed by atoms with Gasteiger partial charge in [0.05, 0.1) is 0 Å². The maximum atomic E-state index is 10.3. The average Bonchev–Trinajstić information content (AvgIpc) is 2.61. The zero-order valence-electron chi connectivity index (χ0n) is 19.0. The summed E-state index contributed by atoms with van der Waals surface area (Å²) in [5.74, 6) is 0.446. The van der Waals surface area contributed by atoms with Gasteiger partial charge in [0, 0.05) is 4.90 Å². The summed E-state index contributed by atoms with van der Waals surface area (Å²) in [5, 5.41) is 13.5. The first kappa shape index (κ1) is 23.1. The van der Waals surface area contributed by atoms with Gasteiger partial charge in [-0.25, -0.2) is 0 Å². The van der Waals surface area contributed by atoms with Gasteiger partial charge in [0.2, 0.25) is 0 Å². The van der Waals surface area contributed by atoms with Crippen LogP contribution in [0.5, 0.6) is 5.75 Å². The molecule has 0 bridgehead atoms. The molecule has 154 valence electrons. The van der Waals surface area contributed by atoms with Crippen LogP contribution in [0.1, 0.15) is 66.5 Å². The maximum Gasteiger partial charge on any atom is 0.119 e. The number of benzene rings is 2. The Labute approximate surface area is 178 Å². The molecular weight excluding hydrogens is 376 g/mol. The number of aryl methyl sites for hydroxylation is 2. The first-order chi connectivity index (χ1) is 13.0. The zero-order chi connectivity index (χ0) is 21.2. The Balaban J connectivity index is 2.57. The smallest absolute Gasteiger partial charge is 0.119 e. The molecule has 0 saturated carbocycles. The largest absolute Gasteiger partial charge is 0.508 e. The minimum atomic E-state index is -1.93. The van der Waals surface area contributed by atoms with Crippen LogP contribution < -0.4 is 5.19 Å². The van der Waals surface area contributed by atoms with Crippen molar-refractivity contribution in [1.82, 2.24) is 0 Å². The molecule has 0 aliphatic heterocycles. The zero-order valence-corrected chi connectivity index (χ0v) is 20.8. The summed E-state index contributed by atoms with van der Waals surface area (Å²) >= 11 is 2.02. The summed E-state index contributed by atoms with van der Waals surface area (Å²) in [5.41, 5.74) is 2.32. The van der Waals surface area contributed by atoms with Crippen LogP contribution in [0.2, 0.25) is 10.1 Å². The molecule has 0 aliphatic carbocycles. The molecule has 2 aromatic carbocycles. The predicted molar refractivity (Wildman–Crippen MR) is 129 cm³/mol. The van der Waals surface area contributed by atoms with Gasteiger partial charge >= 0.3 is 0 Å². The molecule has 28 heavy (non-hydrogen) atoms. The lowest BCUT2D eigenvalue weighted by Gasteiger charge is -2.52. The van der Waals surface area contributed by atoms with Crippen molar-refractivity contribution in [3.8, 4) is 5.75 Å². The molecule has 0 aliphatic rings. The van der Waals surface area contributed by atoms with Gasteiger partial charge in [-0.2, -0.15) is 0 Å². The monoisotopic (exact) mass is 414 g/mol. The van der Waals surface area contributed by atoms with Gasteiger partial charge < -0.3 is 5.11 Å². The van der Waals surface area contributed by atoms with Crippen molar-refractivity contribution < 1.29 is 5.11 Å². The van der Waals surface area contributed by atoms with Crippen LogP contribution >= 0.6 is 11.8 Å². The second-order valence-electron chi connectivity index (χ2n) is 9.86. The number of rotatable bonds is 6. The second-order valence-corrected chi connectivity index (χ2v) is 17.1. The van der Waals surface area contributed by atoms with Gasteiger partial charge in [-0.05, 0) is 51.6 Å². The highest BCUT2D eigenvalue weighted by atomic mass is 32.2. The first-order valence-electron chi connectivity index (χ1n) is 10.5. The molecule has 0 atom stereocenters. The molecule has 2 aromatic rings. The second kappa shape index (κ2) is 8.67. The number of hydrogen-bond acceptors (Lipinski definition) is 2. The van der Waals surface area contributed by atoms with Crippen LogP contribution in [0.15, 0.2) is 47.4 Å². The molecule has 0 spiro atoms. The number of hydrogen-bond donors (Lipinski definition) is 1. The third-order valence-electron chi connectivity index (χ3n) is 6.29. The lowest BCUT2D eigenvalue weighted by atomic mass is 10.1. The topological polar surface area (TPSA) is 20.2 Å². The van der Waals surface area contributed by atoms with Gasteiger partial charge in [-0.15, -0.1) is 11.8 Å². The molecule has 0 aromatic heterocycles. The Bertz CT molecular complexity index is 771. The number of thioether (sulfide) groups is 1. The van der Waals surface area contributed by atoms with Crippen LogP contribution in [-0.4, -0.2) is 18.6 Å². The number of phenolic OH excluding ortho intramolecular Hbond substituents is 1. The Hall–Kier alpha value is -1.19. The van der Waals surface area contributed by atoms with Gasteiger partial charge in [-0.3, -0.25) is 0 Å². The summed E-state index contributed by atoms with van der Waals surface area (Å²) < 4.78 is 0. The fraction of sp³-hybridized carbons (Fsp3) is 0.520. The highest BCUT2D eigenvalue weighted by molar-refractivity contribution is 8.01. The minimum absolute atomic E-state index is 0.233. The van der Waals surface area contributed by atoms with Crippen LogP contribution in [0, 0.1) is 0 Å². The number of aromatic hydroxyl groups is 1. The van der Waals surface area contributed by atoms with E-state index in [0.717, 1.165) is 23.8 Å². The Kier molecular flexibility index (Phi) is 7.15. The van der Waals surface area contributed by atoms with Crippen molar-refractivity contribution in [3.05, 3.63) is 53.6 Å². The Morgan fingerprint density at radius 3 is 1.82 bits per heavy atom. The number of phenols is 1. The van der Waals surface area contributed by atoms with Gasteiger partial charge in [-0.1, -0.05) is 90.9 Å². The van der Waals surface area contributed by atoms with Gasteiger partial charge in [0.25, 0.3) is 0 Å². The molecule has 0 heterocycles. The van der Waals surface area contributed by atoms with E-state index in [0.29, 0.717) is 5.75 Å². The molecule has 0 saturated heterocycles. The van der Waals surface area contributed by atoms with Crippen molar-refractivity contribution in [2.75, 3.05) is 5.38 Å². The van der Waals surface area contributed by atoms with E-state index in [9.17, 15) is 5.11 Å². The molecule has 1 nitrogen and oxygen atoms in total. The highest BCUT2D eigenvalue weighted by Gasteiger charge is 2.53. The molecular formula is C25H38OSSi. The molecule has 0 amide bonds. The standard InChI is InChI=1S/C25H38OSSi/c1-9-19-17-23(20(10-2)16-22(19)26)27-18-28(24(3,4)5,25(6,7)8)21-14-12-11-13-15-21/h11-17,26H,9-10,18H2,1-8H3. The molecule has 0 radical (unpaired) electrons. The molecule has 2 rings (SSSR count). The summed E-state index contributed by atoms with van der Waals surface area (Å²) in [7, 11) is -1.93. The summed E-state index contributed by atoms with van der Waals surface area (Å²) in [6.45, 7) is 18.9.